The number of fused-ring (bicyclic) bond motifs is 3. The second-order valence-electron chi connectivity index (χ2n) is 9.76. The maximum absolute atomic E-state index is 4.38. The molecule has 0 aliphatic carbocycles. The summed E-state index contributed by atoms with van der Waals surface area (Å²) in [6, 6.07) is 55.9. The van der Waals surface area contributed by atoms with Gasteiger partial charge in [-0.1, -0.05) is 65.5 Å². The number of pyridine rings is 3. The molecule has 0 aliphatic heterocycles. The first-order chi connectivity index (χ1) is 21.8. The first-order valence-corrected chi connectivity index (χ1v) is 15.0. The summed E-state index contributed by atoms with van der Waals surface area (Å²) in [5.41, 5.74) is 6.18. The largest absolute Gasteiger partial charge is 0.321 e. The Balaban J connectivity index is 0.000000137. The van der Waals surface area contributed by atoms with Crippen molar-refractivity contribution >= 4 is 31.5 Å². The van der Waals surface area contributed by atoms with E-state index in [0.29, 0.717) is 0 Å². The molecule has 4 heterocycles. The van der Waals surface area contributed by atoms with Gasteiger partial charge in [0.2, 0.25) is 0 Å². The van der Waals surface area contributed by atoms with Gasteiger partial charge >= 0.3 is 0 Å². The minimum Gasteiger partial charge on any atom is -0.321 e. The van der Waals surface area contributed by atoms with E-state index < -0.39 is 0 Å². The average Bonchev–Trinajstić information content (AvgIpc) is 3.49. The van der Waals surface area contributed by atoms with Gasteiger partial charge < -0.3 is 14.5 Å². The zero-order valence-electron chi connectivity index (χ0n) is 24.3. The third-order valence-corrected chi connectivity index (χ3v) is 7.96. The maximum Gasteiger partial charge on any atom is 0.115 e. The molecule has 0 bridgehead atoms. The minimum absolute atomic E-state index is 0. The molecule has 0 atom stereocenters. The molecule has 5 heteroatoms. The molecule has 45 heavy (non-hydrogen) atoms. The number of benzene rings is 4. The first-order valence-electron chi connectivity index (χ1n) is 14.2. The van der Waals surface area contributed by atoms with Crippen molar-refractivity contribution in [2.75, 3.05) is 0 Å². The summed E-state index contributed by atoms with van der Waals surface area (Å²) in [5.74, 6) is 0. The van der Waals surface area contributed by atoms with E-state index in [1.165, 1.54) is 20.2 Å². The van der Waals surface area contributed by atoms with Gasteiger partial charge in [0.15, 0.2) is 0 Å². The maximum atomic E-state index is 4.38. The topological polar surface area (TPSA) is 29.7 Å². The molecule has 0 N–H and O–H groups in total. The van der Waals surface area contributed by atoms with Crippen molar-refractivity contribution in [1.82, 2.24) is 9.97 Å². The van der Waals surface area contributed by atoms with Gasteiger partial charge in [-0.3, -0.25) is 0 Å². The van der Waals surface area contributed by atoms with Gasteiger partial charge in [-0.2, -0.15) is 11.3 Å². The van der Waals surface area contributed by atoms with Crippen LogP contribution in [0.4, 0.5) is 0 Å². The summed E-state index contributed by atoms with van der Waals surface area (Å²) in [6.45, 7) is 0. The van der Waals surface area contributed by atoms with Crippen molar-refractivity contribution in [3.05, 3.63) is 183 Å². The SMILES string of the molecule is [CH2-][n+]1ccccc1-c1[c-]cccc1.[Ir].[c-]1cc2c(cc1-c1ccccn1)sc1ccccc12.[c-]1ccccc1-c1ccccn1. The van der Waals surface area contributed by atoms with Crippen LogP contribution in [0.3, 0.4) is 0 Å². The van der Waals surface area contributed by atoms with Crippen LogP contribution in [0.1, 0.15) is 0 Å². The fourth-order valence-electron chi connectivity index (χ4n) is 4.68. The van der Waals surface area contributed by atoms with Crippen molar-refractivity contribution in [2.24, 2.45) is 0 Å². The van der Waals surface area contributed by atoms with Crippen LogP contribution in [0.15, 0.2) is 158 Å². The van der Waals surface area contributed by atoms with Gasteiger partial charge in [-0.05, 0) is 45.7 Å². The summed E-state index contributed by atoms with van der Waals surface area (Å²) in [4.78, 5) is 8.60. The van der Waals surface area contributed by atoms with E-state index in [2.05, 4.69) is 71.6 Å². The third kappa shape index (κ3) is 7.97. The number of nitrogens with zero attached hydrogens (tertiary/aromatic N) is 3. The average molecular weight is 775 g/mol. The summed E-state index contributed by atoms with van der Waals surface area (Å²) >= 11 is 1.82. The van der Waals surface area contributed by atoms with Crippen LogP contribution in [-0.2, 0) is 20.1 Å². The van der Waals surface area contributed by atoms with E-state index >= 15 is 0 Å². The van der Waals surface area contributed by atoms with E-state index in [4.69, 9.17) is 0 Å². The molecule has 8 aromatic rings. The van der Waals surface area contributed by atoms with Crippen molar-refractivity contribution in [1.29, 1.82) is 0 Å². The quantitative estimate of drug-likeness (QED) is 0.132. The fourth-order valence-corrected chi connectivity index (χ4v) is 5.81. The van der Waals surface area contributed by atoms with E-state index in [1.54, 1.807) is 6.20 Å². The smallest absolute Gasteiger partial charge is 0.115 e. The number of thiophene rings is 1. The van der Waals surface area contributed by atoms with Crippen molar-refractivity contribution in [3.8, 4) is 33.8 Å². The van der Waals surface area contributed by atoms with Crippen LogP contribution in [0.25, 0.3) is 53.9 Å². The summed E-state index contributed by atoms with van der Waals surface area (Å²) < 4.78 is 4.45. The normalized spacial score (nSPS) is 10.1. The number of hydrogen-bond donors (Lipinski definition) is 0. The molecule has 1 radical (unpaired) electrons. The van der Waals surface area contributed by atoms with Crippen LogP contribution in [-0.4, -0.2) is 9.97 Å². The standard InChI is InChI=1S/C17H10NS.C12H10N.C11H8N.Ir/c1-2-7-16-13(5-1)14-9-8-12(11-17(14)19-16)15-6-3-4-10-18-15;1-13-10-6-5-9-12(13)11-7-3-2-4-8-11;1-2-6-10(7-3-1)11-8-4-5-9-12-11;/h1-7,9-11H;2-7,9-10H,1H2;1-6,8-9H;/q3*-1;. The van der Waals surface area contributed by atoms with Crippen LogP contribution < -0.4 is 4.57 Å². The first kappa shape index (κ1) is 31.5. The predicted molar refractivity (Wildman–Crippen MR) is 182 cm³/mol. The molecule has 4 aromatic heterocycles. The Morgan fingerprint density at radius 2 is 1.18 bits per heavy atom. The second-order valence-corrected chi connectivity index (χ2v) is 10.8. The van der Waals surface area contributed by atoms with Crippen LogP contribution in [0.2, 0.25) is 0 Å². The van der Waals surface area contributed by atoms with Gasteiger partial charge in [0.25, 0.3) is 0 Å². The summed E-state index contributed by atoms with van der Waals surface area (Å²) in [6.07, 6.45) is 5.53. The molecule has 221 valence electrons. The van der Waals surface area contributed by atoms with Crippen LogP contribution in [0.5, 0.6) is 0 Å². The summed E-state index contributed by atoms with van der Waals surface area (Å²) in [7, 11) is 3.89. The van der Waals surface area contributed by atoms with Crippen molar-refractivity contribution in [2.45, 2.75) is 0 Å². The number of hydrogen-bond acceptors (Lipinski definition) is 3. The Bertz CT molecular complexity index is 2030. The molecule has 3 nitrogen and oxygen atoms in total. The van der Waals surface area contributed by atoms with E-state index in [1.807, 2.05) is 131 Å². The van der Waals surface area contributed by atoms with Crippen LogP contribution in [0, 0.1) is 25.2 Å². The molecular formula is C40H28IrN3S-3. The molecule has 4 aromatic carbocycles. The van der Waals surface area contributed by atoms with E-state index in [0.717, 1.165) is 33.8 Å². The number of aromatic nitrogens is 3. The molecule has 0 fully saturated rings. The molecular weight excluding hydrogens is 747 g/mol. The Labute approximate surface area is 281 Å². The van der Waals surface area contributed by atoms with Crippen molar-refractivity contribution in [3.63, 3.8) is 0 Å². The van der Waals surface area contributed by atoms with Gasteiger partial charge in [0, 0.05) is 44.2 Å². The predicted octanol–water partition coefficient (Wildman–Crippen LogP) is 9.54. The van der Waals surface area contributed by atoms with Gasteiger partial charge in [0.05, 0.1) is 6.20 Å². The Morgan fingerprint density at radius 1 is 0.556 bits per heavy atom. The molecule has 0 amide bonds. The molecule has 0 spiro atoms. The zero-order valence-corrected chi connectivity index (χ0v) is 27.5. The molecule has 8 rings (SSSR count). The third-order valence-electron chi connectivity index (χ3n) is 6.83. The second kappa shape index (κ2) is 15.7. The molecule has 0 aliphatic rings. The summed E-state index contributed by atoms with van der Waals surface area (Å²) in [5, 5.41) is 2.59. The van der Waals surface area contributed by atoms with E-state index in [-0.39, 0.29) is 20.1 Å². The van der Waals surface area contributed by atoms with E-state index in [9.17, 15) is 0 Å². The fraction of sp³-hybridized carbons (Fsp3) is 0. The van der Waals surface area contributed by atoms with Gasteiger partial charge in [-0.15, -0.1) is 90.0 Å². The number of rotatable bonds is 3. The Morgan fingerprint density at radius 3 is 1.82 bits per heavy atom. The van der Waals surface area contributed by atoms with Crippen LogP contribution >= 0.6 is 11.3 Å². The zero-order chi connectivity index (χ0) is 30.0. The molecule has 0 saturated carbocycles. The molecule has 0 unspecified atom stereocenters. The minimum atomic E-state index is 0. The Hall–Kier alpha value is -4.93. The van der Waals surface area contributed by atoms with Gasteiger partial charge in [0.1, 0.15) is 5.69 Å². The molecule has 0 saturated heterocycles. The Kier molecular flexibility index (Phi) is 11.0. The van der Waals surface area contributed by atoms with Gasteiger partial charge in [-0.25, -0.2) is 0 Å². The van der Waals surface area contributed by atoms with Crippen molar-refractivity contribution < 1.29 is 24.7 Å². The monoisotopic (exact) mass is 775 g/mol.